The number of unbranched alkanes of at least 4 members (excludes halogenated alkanes) is 2. The van der Waals surface area contributed by atoms with Crippen molar-refractivity contribution in [3.63, 3.8) is 0 Å². The molecule has 1 heterocycles. The van der Waals surface area contributed by atoms with Crippen molar-refractivity contribution in [1.82, 2.24) is 10.2 Å². The Kier molecular flexibility index (Phi) is 11.2. The molecule has 0 bridgehead atoms. The number of benzene rings is 2. The zero-order valence-corrected chi connectivity index (χ0v) is 23.6. The van der Waals surface area contributed by atoms with E-state index in [0.717, 1.165) is 30.6 Å². The lowest BCUT2D eigenvalue weighted by Crippen LogP contribution is -2.47. The Labute approximate surface area is 231 Å². The van der Waals surface area contributed by atoms with Crippen LogP contribution in [0, 0.1) is 6.42 Å². The minimum Gasteiger partial charge on any atom is -0.497 e. The first-order valence-electron chi connectivity index (χ1n) is 13.0. The fraction of sp³-hybridized carbons (Fsp3) is 0.387. The van der Waals surface area contributed by atoms with Crippen molar-refractivity contribution < 1.29 is 19.1 Å². The minimum atomic E-state index is -0.604. The Morgan fingerprint density at radius 1 is 1.03 bits per heavy atom. The van der Waals surface area contributed by atoms with Gasteiger partial charge in [-0.15, -0.1) is 11.3 Å². The minimum absolute atomic E-state index is 0.0901. The number of nitrogens with one attached hydrogen (secondary N) is 1. The van der Waals surface area contributed by atoms with Gasteiger partial charge in [-0.3, -0.25) is 4.79 Å². The fourth-order valence-corrected chi connectivity index (χ4v) is 4.79. The second kappa shape index (κ2) is 14.6. The summed E-state index contributed by atoms with van der Waals surface area (Å²) in [5.74, 6) is 0.607. The molecule has 38 heavy (non-hydrogen) atoms. The van der Waals surface area contributed by atoms with Gasteiger partial charge in [0.2, 0.25) is 0 Å². The number of nitrogens with zero attached hydrogens (tertiary/aromatic N) is 1. The summed E-state index contributed by atoms with van der Waals surface area (Å²) >= 11 is 1.61. The van der Waals surface area contributed by atoms with Gasteiger partial charge in [0, 0.05) is 23.0 Å². The maximum Gasteiger partial charge on any atom is 0.407 e. The molecule has 0 aliphatic carbocycles. The van der Waals surface area contributed by atoms with Gasteiger partial charge < -0.3 is 19.7 Å². The van der Waals surface area contributed by atoms with Crippen molar-refractivity contribution in [1.29, 1.82) is 0 Å². The van der Waals surface area contributed by atoms with E-state index >= 15 is 0 Å². The molecular formula is C31H39N2O4S. The van der Waals surface area contributed by atoms with E-state index < -0.39 is 11.7 Å². The van der Waals surface area contributed by atoms with E-state index in [2.05, 4.69) is 23.9 Å². The van der Waals surface area contributed by atoms with Gasteiger partial charge in [-0.25, -0.2) is 4.79 Å². The zero-order valence-electron chi connectivity index (χ0n) is 22.8. The highest BCUT2D eigenvalue weighted by Gasteiger charge is 2.24. The van der Waals surface area contributed by atoms with E-state index in [4.69, 9.17) is 9.47 Å². The molecule has 0 fully saturated rings. The van der Waals surface area contributed by atoms with Crippen molar-refractivity contribution in [2.45, 2.75) is 64.6 Å². The molecule has 2 amide bonds. The van der Waals surface area contributed by atoms with Gasteiger partial charge in [0.15, 0.2) is 0 Å². The predicted octanol–water partition coefficient (Wildman–Crippen LogP) is 6.91. The molecule has 1 N–H and O–H groups in total. The number of ether oxygens (including phenoxy) is 2. The molecule has 1 radical (unpaired) electrons. The Morgan fingerprint density at radius 3 is 2.39 bits per heavy atom. The van der Waals surface area contributed by atoms with Crippen LogP contribution in [-0.4, -0.2) is 42.2 Å². The van der Waals surface area contributed by atoms with Gasteiger partial charge in [0.1, 0.15) is 11.4 Å². The Morgan fingerprint density at radius 2 is 1.76 bits per heavy atom. The van der Waals surface area contributed by atoms with Crippen LogP contribution in [0.15, 0.2) is 72.1 Å². The van der Waals surface area contributed by atoms with Crippen LogP contribution in [0.1, 0.15) is 60.8 Å². The molecule has 0 aliphatic heterocycles. The summed E-state index contributed by atoms with van der Waals surface area (Å²) in [4.78, 5) is 29.2. The monoisotopic (exact) mass is 535 g/mol. The molecule has 3 rings (SSSR count). The van der Waals surface area contributed by atoms with Crippen molar-refractivity contribution in [3.8, 4) is 5.75 Å². The maximum atomic E-state index is 13.6. The standard InChI is InChI=1S/C31H39N2O4S/c1-31(2,3)37-30(35)32-26(15-10-6-9-14-24-12-7-5-8-13-24)22-33(23-28-16-11-21-38-28)29(34)25-17-19-27(36-4)20-18-25/h5,7-9,11-13,16-21,26H,6,10,14-15,22-23H2,1-4H3,(H,32,35)/t26-/m0/s1. The first-order valence-corrected chi connectivity index (χ1v) is 13.9. The molecule has 3 aromatic rings. The number of hydrogen-bond acceptors (Lipinski definition) is 5. The van der Waals surface area contributed by atoms with Crippen LogP contribution in [0.2, 0.25) is 0 Å². The van der Waals surface area contributed by atoms with Crippen LogP contribution < -0.4 is 10.1 Å². The van der Waals surface area contributed by atoms with Crippen LogP contribution in [0.3, 0.4) is 0 Å². The first-order chi connectivity index (χ1) is 18.2. The van der Waals surface area contributed by atoms with E-state index in [1.165, 1.54) is 5.56 Å². The number of hydrogen-bond donors (Lipinski definition) is 1. The van der Waals surface area contributed by atoms with Gasteiger partial charge in [0.05, 0.1) is 13.7 Å². The van der Waals surface area contributed by atoms with Gasteiger partial charge in [-0.1, -0.05) is 42.8 Å². The fourth-order valence-electron chi connectivity index (χ4n) is 4.07. The first kappa shape index (κ1) is 29.2. The second-order valence-electron chi connectivity index (χ2n) is 10.2. The number of methoxy groups -OCH3 is 1. The van der Waals surface area contributed by atoms with Crippen molar-refractivity contribution in [2.75, 3.05) is 13.7 Å². The number of amides is 2. The molecule has 2 aromatic carbocycles. The molecule has 0 saturated heterocycles. The number of alkyl carbamates (subject to hydrolysis) is 1. The maximum absolute atomic E-state index is 13.6. The molecule has 0 saturated carbocycles. The van der Waals surface area contributed by atoms with E-state index in [0.29, 0.717) is 24.4 Å². The molecule has 1 aromatic heterocycles. The molecule has 7 heteroatoms. The van der Waals surface area contributed by atoms with Crippen molar-refractivity contribution in [2.24, 2.45) is 0 Å². The quantitative estimate of drug-likeness (QED) is 0.242. The lowest BCUT2D eigenvalue weighted by molar-refractivity contribution is 0.0472. The summed E-state index contributed by atoms with van der Waals surface area (Å²) in [5, 5.41) is 5.04. The van der Waals surface area contributed by atoms with Gasteiger partial charge in [-0.05, 0) is 87.7 Å². The highest BCUT2D eigenvalue weighted by molar-refractivity contribution is 7.09. The third kappa shape index (κ3) is 10.2. The van der Waals surface area contributed by atoms with Gasteiger partial charge in [-0.2, -0.15) is 0 Å². The van der Waals surface area contributed by atoms with Crippen LogP contribution in [0.4, 0.5) is 4.79 Å². The largest absolute Gasteiger partial charge is 0.497 e. The van der Waals surface area contributed by atoms with Crippen LogP contribution in [-0.2, 0) is 17.7 Å². The summed E-state index contributed by atoms with van der Waals surface area (Å²) in [7, 11) is 1.60. The second-order valence-corrected chi connectivity index (χ2v) is 11.3. The molecule has 203 valence electrons. The van der Waals surface area contributed by atoms with E-state index in [9.17, 15) is 9.59 Å². The molecule has 0 aliphatic rings. The Hall–Kier alpha value is -3.32. The topological polar surface area (TPSA) is 67.9 Å². The van der Waals surface area contributed by atoms with Crippen molar-refractivity contribution >= 4 is 23.3 Å². The van der Waals surface area contributed by atoms with E-state index in [-0.39, 0.29) is 11.9 Å². The number of thiophene rings is 1. The lowest BCUT2D eigenvalue weighted by Gasteiger charge is -2.29. The lowest BCUT2D eigenvalue weighted by atomic mass is 10.0. The number of carbonyl (C=O) groups excluding carboxylic acids is 2. The van der Waals surface area contributed by atoms with Crippen LogP contribution in [0.25, 0.3) is 0 Å². The summed E-state index contributed by atoms with van der Waals surface area (Å²) in [5.41, 5.74) is 1.26. The average Bonchev–Trinajstić information content (AvgIpc) is 3.40. The molecule has 6 nitrogen and oxygen atoms in total. The number of carbonyl (C=O) groups is 2. The zero-order chi connectivity index (χ0) is 27.4. The van der Waals surface area contributed by atoms with Crippen LogP contribution >= 0.6 is 11.3 Å². The highest BCUT2D eigenvalue weighted by Crippen LogP contribution is 2.19. The van der Waals surface area contributed by atoms with E-state index in [1.807, 2.05) is 61.4 Å². The summed E-state index contributed by atoms with van der Waals surface area (Å²) in [6.45, 7) is 6.37. The Balaban J connectivity index is 1.69. The molecular weight excluding hydrogens is 496 g/mol. The van der Waals surface area contributed by atoms with Gasteiger partial charge in [0.25, 0.3) is 5.91 Å². The Bertz CT molecular complexity index is 1110. The molecule has 0 spiro atoms. The number of rotatable bonds is 13. The molecule has 0 unspecified atom stereocenters. The average molecular weight is 536 g/mol. The SMILES string of the molecule is COc1ccc(C(=O)N(Cc2cccs2)C[C@H](CCC[CH]Cc2ccccc2)NC(=O)OC(C)(C)C)cc1. The van der Waals surface area contributed by atoms with Crippen molar-refractivity contribution in [3.05, 3.63) is 94.5 Å². The summed E-state index contributed by atoms with van der Waals surface area (Å²) < 4.78 is 10.8. The smallest absolute Gasteiger partial charge is 0.407 e. The van der Waals surface area contributed by atoms with E-state index in [1.54, 1.807) is 42.7 Å². The summed E-state index contributed by atoms with van der Waals surface area (Å²) in [6.07, 6.45) is 5.23. The normalized spacial score (nSPS) is 12.0. The van der Waals surface area contributed by atoms with Crippen LogP contribution in [0.5, 0.6) is 5.75 Å². The highest BCUT2D eigenvalue weighted by atomic mass is 32.1. The van der Waals surface area contributed by atoms with Gasteiger partial charge >= 0.3 is 6.09 Å². The summed E-state index contributed by atoms with van der Waals surface area (Å²) in [6, 6.07) is 21.2. The molecule has 1 atom stereocenters. The third-order valence-corrected chi connectivity index (χ3v) is 6.76. The predicted molar refractivity (Wildman–Crippen MR) is 154 cm³/mol. The third-order valence-electron chi connectivity index (χ3n) is 5.90.